The number of aromatic nitrogens is 2. The van der Waals surface area contributed by atoms with Crippen LogP contribution in [0.3, 0.4) is 0 Å². The molecule has 7 nitrogen and oxygen atoms in total. The van der Waals surface area contributed by atoms with Gasteiger partial charge in [-0.25, -0.2) is 9.36 Å². The molecule has 1 aromatic heterocycles. The van der Waals surface area contributed by atoms with Gasteiger partial charge in [-0.05, 0) is 15.9 Å². The highest BCUT2D eigenvalue weighted by molar-refractivity contribution is 9.10. The van der Waals surface area contributed by atoms with Crippen LogP contribution < -0.4 is 11.2 Å². The number of hydrogen-bond donors (Lipinski definition) is 3. The van der Waals surface area contributed by atoms with E-state index >= 15 is 0 Å². The minimum atomic E-state index is -0.893. The van der Waals surface area contributed by atoms with Crippen LogP contribution in [0.15, 0.2) is 20.3 Å². The van der Waals surface area contributed by atoms with Gasteiger partial charge in [-0.1, -0.05) is 0 Å². The van der Waals surface area contributed by atoms with Crippen LogP contribution in [0.25, 0.3) is 0 Å². The SMILES string of the molecule is O=c1[nH]cc(Br)c(=O)n1[C@H]1CC(O)C(CO)O1. The molecule has 2 heterocycles. The molecule has 8 heteroatoms. The van der Waals surface area contributed by atoms with Gasteiger partial charge in [-0.2, -0.15) is 0 Å². The molecule has 17 heavy (non-hydrogen) atoms. The Balaban J connectivity index is 2.40. The monoisotopic (exact) mass is 306 g/mol. The molecule has 0 aromatic carbocycles. The van der Waals surface area contributed by atoms with Gasteiger partial charge in [0.15, 0.2) is 0 Å². The fraction of sp³-hybridized carbons (Fsp3) is 0.556. The summed E-state index contributed by atoms with van der Waals surface area (Å²) >= 11 is 3.00. The molecule has 3 N–H and O–H groups in total. The van der Waals surface area contributed by atoms with Crippen molar-refractivity contribution in [3.63, 3.8) is 0 Å². The summed E-state index contributed by atoms with van der Waals surface area (Å²) in [7, 11) is 0. The van der Waals surface area contributed by atoms with Gasteiger partial charge in [0, 0.05) is 12.6 Å². The van der Waals surface area contributed by atoms with E-state index in [1.807, 2.05) is 0 Å². The second-order valence-electron chi connectivity index (χ2n) is 3.73. The van der Waals surface area contributed by atoms with Crippen molar-refractivity contribution < 1.29 is 14.9 Å². The summed E-state index contributed by atoms with van der Waals surface area (Å²) in [5.74, 6) is 0. The number of ether oxygens (including phenoxy) is 1. The van der Waals surface area contributed by atoms with E-state index in [4.69, 9.17) is 9.84 Å². The normalized spacial score (nSPS) is 28.5. The molecule has 0 bridgehead atoms. The average Bonchev–Trinajstić information content (AvgIpc) is 2.65. The molecule has 2 unspecified atom stereocenters. The van der Waals surface area contributed by atoms with Gasteiger partial charge in [0.25, 0.3) is 5.56 Å². The van der Waals surface area contributed by atoms with Crippen molar-refractivity contribution in [1.29, 1.82) is 0 Å². The molecule has 94 valence electrons. The maximum atomic E-state index is 11.8. The van der Waals surface area contributed by atoms with Crippen molar-refractivity contribution in [2.45, 2.75) is 24.9 Å². The molecule has 1 fully saturated rings. The summed E-state index contributed by atoms with van der Waals surface area (Å²) in [6, 6.07) is 0. The second kappa shape index (κ2) is 4.73. The van der Waals surface area contributed by atoms with Crippen molar-refractivity contribution >= 4 is 15.9 Å². The van der Waals surface area contributed by atoms with E-state index in [0.717, 1.165) is 4.57 Å². The summed E-state index contributed by atoms with van der Waals surface area (Å²) in [6.07, 6.45) is -1.20. The molecule has 0 amide bonds. The summed E-state index contributed by atoms with van der Waals surface area (Å²) < 4.78 is 6.32. The van der Waals surface area contributed by atoms with E-state index in [-0.39, 0.29) is 17.5 Å². The maximum absolute atomic E-state index is 11.8. The Morgan fingerprint density at radius 2 is 2.29 bits per heavy atom. The standard InChI is InChI=1S/C9H11BrN2O5/c10-4-2-11-9(16)12(8(4)15)7-1-5(14)6(3-13)17-7/h2,5-7,13-14H,1,3H2,(H,11,16)/t5?,6?,7-/m1/s1. The Morgan fingerprint density at radius 3 is 2.88 bits per heavy atom. The zero-order chi connectivity index (χ0) is 12.6. The first-order valence-electron chi connectivity index (χ1n) is 4.98. The van der Waals surface area contributed by atoms with Crippen LogP contribution in [-0.2, 0) is 4.74 Å². The molecular formula is C9H11BrN2O5. The van der Waals surface area contributed by atoms with E-state index in [1.54, 1.807) is 0 Å². The summed E-state index contributed by atoms with van der Waals surface area (Å²) in [5.41, 5.74) is -1.15. The molecular weight excluding hydrogens is 296 g/mol. The van der Waals surface area contributed by atoms with Gasteiger partial charge in [0.1, 0.15) is 12.3 Å². The van der Waals surface area contributed by atoms with Crippen LogP contribution in [0.5, 0.6) is 0 Å². The minimum absolute atomic E-state index is 0.0880. The largest absolute Gasteiger partial charge is 0.394 e. The van der Waals surface area contributed by atoms with Gasteiger partial charge in [0.05, 0.1) is 17.2 Å². The number of nitrogens with one attached hydrogen (secondary N) is 1. The van der Waals surface area contributed by atoms with Crippen molar-refractivity contribution in [1.82, 2.24) is 9.55 Å². The predicted molar refractivity (Wildman–Crippen MR) is 60.6 cm³/mol. The van der Waals surface area contributed by atoms with Gasteiger partial charge >= 0.3 is 5.69 Å². The van der Waals surface area contributed by atoms with Gasteiger partial charge in [0.2, 0.25) is 0 Å². The third-order valence-electron chi connectivity index (χ3n) is 2.64. The first-order chi connectivity index (χ1) is 8.04. The molecule has 2 rings (SSSR count). The Labute approximate surface area is 104 Å². The molecule has 1 aliphatic rings. The van der Waals surface area contributed by atoms with Crippen molar-refractivity contribution in [3.05, 3.63) is 31.5 Å². The van der Waals surface area contributed by atoms with Crippen LogP contribution in [-0.4, -0.2) is 38.6 Å². The van der Waals surface area contributed by atoms with E-state index in [2.05, 4.69) is 20.9 Å². The number of aliphatic hydroxyl groups excluding tert-OH is 2. The predicted octanol–water partition coefficient (Wildman–Crippen LogP) is -1.06. The van der Waals surface area contributed by atoms with Gasteiger partial charge in [-0.15, -0.1) is 0 Å². The maximum Gasteiger partial charge on any atom is 0.330 e. The first-order valence-corrected chi connectivity index (χ1v) is 5.78. The van der Waals surface area contributed by atoms with Crippen LogP contribution in [0.1, 0.15) is 12.6 Å². The Hall–Kier alpha value is -0.960. The fourth-order valence-corrected chi connectivity index (χ4v) is 2.07. The summed E-state index contributed by atoms with van der Waals surface area (Å²) in [5, 5.41) is 18.5. The number of aromatic amines is 1. The number of hydrogen-bond acceptors (Lipinski definition) is 5. The number of nitrogens with zero attached hydrogens (tertiary/aromatic N) is 1. The molecule has 0 saturated carbocycles. The average molecular weight is 307 g/mol. The van der Waals surface area contributed by atoms with E-state index in [9.17, 15) is 14.7 Å². The van der Waals surface area contributed by atoms with Crippen LogP contribution >= 0.6 is 15.9 Å². The minimum Gasteiger partial charge on any atom is -0.394 e. The highest BCUT2D eigenvalue weighted by Gasteiger charge is 2.35. The zero-order valence-electron chi connectivity index (χ0n) is 8.67. The molecule has 1 aromatic rings. The van der Waals surface area contributed by atoms with E-state index in [0.29, 0.717) is 0 Å². The highest BCUT2D eigenvalue weighted by atomic mass is 79.9. The van der Waals surface area contributed by atoms with Crippen molar-refractivity contribution in [2.75, 3.05) is 6.61 Å². The summed E-state index contributed by atoms with van der Waals surface area (Å²) in [4.78, 5) is 25.7. The quantitative estimate of drug-likeness (QED) is 0.646. The third-order valence-corrected chi connectivity index (χ3v) is 3.20. The molecule has 0 radical (unpaired) electrons. The molecule has 0 spiro atoms. The van der Waals surface area contributed by atoms with Crippen molar-refractivity contribution in [2.24, 2.45) is 0 Å². The molecule has 3 atom stereocenters. The van der Waals surface area contributed by atoms with Crippen LogP contribution in [0, 0.1) is 0 Å². The Morgan fingerprint density at radius 1 is 1.59 bits per heavy atom. The Bertz CT molecular complexity index is 525. The summed E-state index contributed by atoms with van der Waals surface area (Å²) in [6.45, 7) is -0.363. The number of aliphatic hydroxyl groups is 2. The second-order valence-corrected chi connectivity index (χ2v) is 4.59. The highest BCUT2D eigenvalue weighted by Crippen LogP contribution is 2.26. The molecule has 1 saturated heterocycles. The first kappa shape index (κ1) is 12.5. The fourth-order valence-electron chi connectivity index (χ4n) is 1.76. The zero-order valence-corrected chi connectivity index (χ0v) is 10.3. The number of rotatable bonds is 2. The molecule has 1 aliphatic heterocycles. The van der Waals surface area contributed by atoms with E-state index in [1.165, 1.54) is 6.20 Å². The molecule has 0 aliphatic carbocycles. The number of halogens is 1. The van der Waals surface area contributed by atoms with Crippen LogP contribution in [0.2, 0.25) is 0 Å². The lowest BCUT2D eigenvalue weighted by Crippen LogP contribution is -2.38. The van der Waals surface area contributed by atoms with E-state index < -0.39 is 29.7 Å². The lowest BCUT2D eigenvalue weighted by atomic mass is 10.2. The Kier molecular flexibility index (Phi) is 3.48. The lowest BCUT2D eigenvalue weighted by Gasteiger charge is -2.13. The van der Waals surface area contributed by atoms with Gasteiger partial charge in [-0.3, -0.25) is 4.79 Å². The van der Waals surface area contributed by atoms with Crippen LogP contribution in [0.4, 0.5) is 0 Å². The lowest BCUT2D eigenvalue weighted by molar-refractivity contribution is -0.0470. The topological polar surface area (TPSA) is 105 Å². The van der Waals surface area contributed by atoms with Crippen molar-refractivity contribution in [3.8, 4) is 0 Å². The smallest absolute Gasteiger partial charge is 0.330 e. The third kappa shape index (κ3) is 2.21. The number of H-pyrrole nitrogens is 1. The van der Waals surface area contributed by atoms with Gasteiger partial charge < -0.3 is 19.9 Å².